The van der Waals surface area contributed by atoms with E-state index in [1.165, 1.54) is 20.6 Å². The molecule has 4 atom stereocenters. The Hall–Kier alpha value is -3.70. The summed E-state index contributed by atoms with van der Waals surface area (Å²) >= 11 is 0. The third kappa shape index (κ3) is 9.30. The fourth-order valence-corrected chi connectivity index (χ4v) is 7.86. The van der Waals surface area contributed by atoms with Crippen molar-refractivity contribution < 1.29 is 57.2 Å². The zero-order valence-corrected chi connectivity index (χ0v) is 29.0. The van der Waals surface area contributed by atoms with E-state index in [0.29, 0.717) is 37.5 Å². The molecule has 12 heteroatoms. The van der Waals surface area contributed by atoms with Crippen molar-refractivity contribution in [1.82, 2.24) is 0 Å². The average Bonchev–Trinajstić information content (AvgIpc) is 4.03. The second kappa shape index (κ2) is 17.3. The third-order valence-corrected chi connectivity index (χ3v) is 11.1. The van der Waals surface area contributed by atoms with Crippen LogP contribution in [0.15, 0.2) is 25.3 Å². The van der Waals surface area contributed by atoms with E-state index in [1.807, 2.05) is 0 Å². The Bertz CT molecular complexity index is 1150. The van der Waals surface area contributed by atoms with Gasteiger partial charge in [-0.2, -0.15) is 0 Å². The second-order valence-electron chi connectivity index (χ2n) is 14.1. The minimum absolute atomic E-state index is 0.0540. The molecule has 0 bridgehead atoms. The SMILES string of the molecule is C=CC1CC1(C(=O)OC)C(=O)OCCOC(=O)CC1CCC(CC2CCC(CC(=O)OCCOC(=O)C3(C(=O)OC)CC3C=C)CC2)CC1. The quantitative estimate of drug-likeness (QED) is 0.0645. The van der Waals surface area contributed by atoms with Gasteiger partial charge in [0.2, 0.25) is 0 Å². The Labute approximate surface area is 288 Å². The van der Waals surface area contributed by atoms with Crippen LogP contribution in [-0.4, -0.2) is 76.5 Å². The lowest BCUT2D eigenvalue weighted by molar-refractivity contribution is -0.167. The molecule has 4 rings (SSSR count). The zero-order chi connectivity index (χ0) is 35.6. The van der Waals surface area contributed by atoms with Gasteiger partial charge in [0, 0.05) is 24.7 Å². The van der Waals surface area contributed by atoms with Gasteiger partial charge < -0.3 is 28.4 Å². The predicted molar refractivity (Wildman–Crippen MR) is 174 cm³/mol. The van der Waals surface area contributed by atoms with E-state index in [9.17, 15) is 28.8 Å². The molecule has 0 spiro atoms. The van der Waals surface area contributed by atoms with Crippen LogP contribution in [0.4, 0.5) is 0 Å². The molecule has 4 unspecified atom stereocenters. The van der Waals surface area contributed by atoms with Crippen molar-refractivity contribution in [2.75, 3.05) is 40.6 Å². The van der Waals surface area contributed by atoms with Crippen molar-refractivity contribution in [3.05, 3.63) is 25.3 Å². The summed E-state index contributed by atoms with van der Waals surface area (Å²) in [5.41, 5.74) is -2.64. The van der Waals surface area contributed by atoms with Crippen LogP contribution in [0, 0.1) is 46.3 Å². The maximum Gasteiger partial charge on any atom is 0.324 e. The normalized spacial score (nSPS) is 31.6. The van der Waals surface area contributed by atoms with Crippen LogP contribution in [0.3, 0.4) is 0 Å². The summed E-state index contributed by atoms with van der Waals surface area (Å²) in [6, 6.07) is 0. The van der Waals surface area contributed by atoms with E-state index in [-0.39, 0.29) is 62.0 Å². The van der Waals surface area contributed by atoms with Gasteiger partial charge in [0.25, 0.3) is 0 Å². The van der Waals surface area contributed by atoms with Crippen LogP contribution in [0.2, 0.25) is 0 Å². The first-order valence-corrected chi connectivity index (χ1v) is 17.6. The van der Waals surface area contributed by atoms with Crippen LogP contribution in [0.1, 0.15) is 83.5 Å². The standard InChI is InChI=1S/C37H52O12/c1-5-28-22-36(28,32(40)44-3)34(42)48-17-15-46-30(38)20-26-11-7-24(8-12-26)19-25-9-13-27(14-10-25)21-31(39)47-16-18-49-35(43)37(33(41)45-4)23-29(37)6-2/h5-6,24-29H,1-2,7-23H2,3-4H3. The number of carbonyl (C=O) groups is 6. The number of ether oxygens (including phenoxy) is 6. The Morgan fingerprint density at radius 2 is 0.857 bits per heavy atom. The van der Waals surface area contributed by atoms with E-state index >= 15 is 0 Å². The van der Waals surface area contributed by atoms with Crippen LogP contribution in [0.25, 0.3) is 0 Å². The van der Waals surface area contributed by atoms with Crippen molar-refractivity contribution in [1.29, 1.82) is 0 Å². The molecular formula is C37H52O12. The van der Waals surface area contributed by atoms with Crippen molar-refractivity contribution in [2.24, 2.45) is 46.3 Å². The van der Waals surface area contributed by atoms with E-state index < -0.39 is 34.7 Å². The lowest BCUT2D eigenvalue weighted by Crippen LogP contribution is -2.32. The smallest absolute Gasteiger partial charge is 0.324 e. The molecule has 0 aliphatic heterocycles. The van der Waals surface area contributed by atoms with Crippen LogP contribution < -0.4 is 0 Å². The Kier molecular flexibility index (Phi) is 13.5. The highest BCUT2D eigenvalue weighted by Gasteiger charge is 2.67. The minimum atomic E-state index is -1.32. The largest absolute Gasteiger partial charge is 0.468 e. The van der Waals surface area contributed by atoms with Crippen molar-refractivity contribution in [2.45, 2.75) is 83.5 Å². The van der Waals surface area contributed by atoms with Gasteiger partial charge in [-0.05, 0) is 68.6 Å². The van der Waals surface area contributed by atoms with Gasteiger partial charge >= 0.3 is 35.8 Å². The van der Waals surface area contributed by atoms with E-state index in [1.54, 1.807) is 12.2 Å². The Morgan fingerprint density at radius 1 is 0.531 bits per heavy atom. The van der Waals surface area contributed by atoms with E-state index in [0.717, 1.165) is 51.4 Å². The van der Waals surface area contributed by atoms with Gasteiger partial charge in [-0.3, -0.25) is 28.8 Å². The molecule has 4 saturated carbocycles. The number of allylic oxidation sites excluding steroid dienone is 2. The third-order valence-electron chi connectivity index (χ3n) is 11.1. The number of rotatable bonds is 18. The molecule has 49 heavy (non-hydrogen) atoms. The average molecular weight is 689 g/mol. The summed E-state index contributed by atoms with van der Waals surface area (Å²) in [5, 5.41) is 0. The van der Waals surface area contributed by atoms with Gasteiger partial charge in [-0.25, -0.2) is 0 Å². The fourth-order valence-electron chi connectivity index (χ4n) is 7.86. The first-order chi connectivity index (χ1) is 23.5. The fraction of sp³-hybridized carbons (Fsp3) is 0.730. The molecule has 0 heterocycles. The lowest BCUT2D eigenvalue weighted by Gasteiger charge is -2.33. The van der Waals surface area contributed by atoms with Crippen LogP contribution >= 0.6 is 0 Å². The molecule has 0 aromatic heterocycles. The summed E-state index contributed by atoms with van der Waals surface area (Å²) < 4.78 is 30.5. The Morgan fingerprint density at radius 3 is 1.16 bits per heavy atom. The molecule has 0 N–H and O–H groups in total. The number of hydrogen-bond acceptors (Lipinski definition) is 12. The molecule has 0 amide bonds. The summed E-state index contributed by atoms with van der Waals surface area (Å²) in [6.07, 6.45) is 13.8. The maximum absolute atomic E-state index is 12.5. The molecule has 0 radical (unpaired) electrons. The maximum atomic E-state index is 12.5. The van der Waals surface area contributed by atoms with Gasteiger partial charge in [0.1, 0.15) is 26.4 Å². The highest BCUT2D eigenvalue weighted by Crippen LogP contribution is 2.56. The molecule has 0 aromatic carbocycles. The van der Waals surface area contributed by atoms with Crippen molar-refractivity contribution in [3.8, 4) is 0 Å². The zero-order valence-electron chi connectivity index (χ0n) is 29.0. The monoisotopic (exact) mass is 688 g/mol. The topological polar surface area (TPSA) is 158 Å². The van der Waals surface area contributed by atoms with Gasteiger partial charge in [0.15, 0.2) is 10.8 Å². The molecule has 4 aliphatic carbocycles. The van der Waals surface area contributed by atoms with E-state index in [4.69, 9.17) is 28.4 Å². The predicted octanol–water partition coefficient (Wildman–Crippen LogP) is 4.67. The van der Waals surface area contributed by atoms with Crippen LogP contribution in [-0.2, 0) is 57.2 Å². The molecular weight excluding hydrogens is 636 g/mol. The van der Waals surface area contributed by atoms with Crippen molar-refractivity contribution >= 4 is 35.8 Å². The van der Waals surface area contributed by atoms with Gasteiger partial charge in [0.05, 0.1) is 14.2 Å². The van der Waals surface area contributed by atoms with Crippen molar-refractivity contribution in [3.63, 3.8) is 0 Å². The molecule has 12 nitrogen and oxygen atoms in total. The summed E-state index contributed by atoms with van der Waals surface area (Å²) in [6.45, 7) is 6.95. The summed E-state index contributed by atoms with van der Waals surface area (Å²) in [5.74, 6) is -1.99. The van der Waals surface area contributed by atoms with Crippen LogP contribution in [0.5, 0.6) is 0 Å². The van der Waals surface area contributed by atoms with Gasteiger partial charge in [-0.15, -0.1) is 13.2 Å². The summed E-state index contributed by atoms with van der Waals surface area (Å²) in [7, 11) is 2.46. The number of methoxy groups -OCH3 is 2. The number of carbonyl (C=O) groups excluding carboxylic acids is 6. The summed E-state index contributed by atoms with van der Waals surface area (Å²) in [4.78, 5) is 73.8. The first-order valence-electron chi connectivity index (χ1n) is 17.6. The molecule has 4 aliphatic rings. The Balaban J connectivity index is 1.02. The molecule has 0 aromatic rings. The highest BCUT2D eigenvalue weighted by atomic mass is 16.6. The van der Waals surface area contributed by atoms with E-state index in [2.05, 4.69) is 13.2 Å². The lowest BCUT2D eigenvalue weighted by atomic mass is 9.72. The molecule has 4 fully saturated rings. The first kappa shape index (κ1) is 38.1. The number of hydrogen-bond donors (Lipinski definition) is 0. The molecule has 272 valence electrons. The minimum Gasteiger partial charge on any atom is -0.468 e. The second-order valence-corrected chi connectivity index (χ2v) is 14.1. The number of esters is 6. The highest BCUT2D eigenvalue weighted by molar-refractivity contribution is 6.04. The van der Waals surface area contributed by atoms with Gasteiger partial charge in [-0.1, -0.05) is 37.8 Å². The molecule has 0 saturated heterocycles.